The topological polar surface area (TPSA) is 35.6 Å². The first kappa shape index (κ1) is 18.2. The fourth-order valence-corrected chi connectivity index (χ4v) is 3.08. The van der Waals surface area contributed by atoms with Crippen molar-refractivity contribution < 1.29 is 4.79 Å². The van der Waals surface area contributed by atoms with Crippen molar-refractivity contribution >= 4 is 17.5 Å². The quantitative estimate of drug-likeness (QED) is 0.866. The summed E-state index contributed by atoms with van der Waals surface area (Å²) in [7, 11) is 0. The first-order chi connectivity index (χ1) is 11.0. The van der Waals surface area contributed by atoms with Crippen LogP contribution in [0.5, 0.6) is 0 Å². The zero-order valence-corrected chi connectivity index (χ0v) is 15.1. The van der Waals surface area contributed by atoms with Gasteiger partial charge < -0.3 is 10.2 Å². The number of nitrogens with one attached hydrogen (secondary N) is 1. The summed E-state index contributed by atoms with van der Waals surface area (Å²) in [5.74, 6) is 0.791. The van der Waals surface area contributed by atoms with Crippen molar-refractivity contribution in [2.45, 2.75) is 33.4 Å². The van der Waals surface area contributed by atoms with Gasteiger partial charge in [-0.05, 0) is 30.5 Å². The summed E-state index contributed by atoms with van der Waals surface area (Å²) in [4.78, 5) is 17.1. The molecular weight excluding hydrogens is 310 g/mol. The third kappa shape index (κ3) is 5.79. The number of carbonyl (C=O) groups excluding carboxylic acids is 1. The highest BCUT2D eigenvalue weighted by Crippen LogP contribution is 2.11. The highest BCUT2D eigenvalue weighted by atomic mass is 35.5. The van der Waals surface area contributed by atoms with Crippen LogP contribution >= 0.6 is 11.6 Å². The van der Waals surface area contributed by atoms with E-state index in [4.69, 9.17) is 11.6 Å². The highest BCUT2D eigenvalue weighted by Gasteiger charge is 2.25. The lowest BCUT2D eigenvalue weighted by molar-refractivity contribution is -0.126. The van der Waals surface area contributed by atoms with E-state index in [1.807, 2.05) is 31.2 Å². The average molecular weight is 338 g/mol. The Kier molecular flexibility index (Phi) is 6.88. The van der Waals surface area contributed by atoms with Crippen LogP contribution in [-0.2, 0) is 11.3 Å². The number of nitrogens with zero attached hydrogens (tertiary/aromatic N) is 2. The summed E-state index contributed by atoms with van der Waals surface area (Å²) in [5.41, 5.74) is 1.07. The van der Waals surface area contributed by atoms with Crippen molar-refractivity contribution in [1.82, 2.24) is 15.1 Å². The summed E-state index contributed by atoms with van der Waals surface area (Å²) in [6, 6.07) is 7.50. The second-order valence-electron chi connectivity index (χ2n) is 6.75. The SMILES string of the molecule is CC(C)CN1CCN(C(C)C(=O)NCc2ccc(Cl)cc2)CC1. The molecule has 1 amide bonds. The Balaban J connectivity index is 1.75. The normalized spacial score (nSPS) is 18.1. The lowest BCUT2D eigenvalue weighted by atomic mass is 10.1. The summed E-state index contributed by atoms with van der Waals surface area (Å²) in [6.07, 6.45) is 0. The molecule has 1 aromatic rings. The lowest BCUT2D eigenvalue weighted by Crippen LogP contribution is -2.54. The molecule has 1 unspecified atom stereocenters. The Morgan fingerprint density at radius 3 is 2.30 bits per heavy atom. The molecule has 23 heavy (non-hydrogen) atoms. The molecule has 0 aliphatic carbocycles. The summed E-state index contributed by atoms with van der Waals surface area (Å²) in [6.45, 7) is 12.2. The molecule has 0 bridgehead atoms. The number of hydrogen-bond donors (Lipinski definition) is 1. The van der Waals surface area contributed by atoms with Gasteiger partial charge in [-0.2, -0.15) is 0 Å². The van der Waals surface area contributed by atoms with E-state index >= 15 is 0 Å². The van der Waals surface area contributed by atoms with Crippen LogP contribution in [0.4, 0.5) is 0 Å². The van der Waals surface area contributed by atoms with Crippen LogP contribution in [0.1, 0.15) is 26.3 Å². The molecule has 4 nitrogen and oxygen atoms in total. The molecule has 2 rings (SSSR count). The van der Waals surface area contributed by atoms with Gasteiger partial charge in [0, 0.05) is 44.3 Å². The number of piperazine rings is 1. The van der Waals surface area contributed by atoms with E-state index in [1.165, 1.54) is 0 Å². The zero-order chi connectivity index (χ0) is 16.8. The number of amides is 1. The van der Waals surface area contributed by atoms with E-state index in [1.54, 1.807) is 0 Å². The van der Waals surface area contributed by atoms with E-state index in [-0.39, 0.29) is 11.9 Å². The van der Waals surface area contributed by atoms with Gasteiger partial charge >= 0.3 is 0 Å². The number of rotatable bonds is 6. The molecule has 0 aromatic heterocycles. The minimum atomic E-state index is -0.0801. The van der Waals surface area contributed by atoms with Crippen molar-refractivity contribution in [2.24, 2.45) is 5.92 Å². The van der Waals surface area contributed by atoms with Crippen molar-refractivity contribution in [2.75, 3.05) is 32.7 Å². The fraction of sp³-hybridized carbons (Fsp3) is 0.611. The Labute approximate surface area is 144 Å². The van der Waals surface area contributed by atoms with Gasteiger partial charge in [0.25, 0.3) is 0 Å². The van der Waals surface area contributed by atoms with E-state index in [2.05, 4.69) is 29.0 Å². The van der Waals surface area contributed by atoms with Crippen LogP contribution in [0.2, 0.25) is 5.02 Å². The molecular formula is C18H28ClN3O. The molecule has 128 valence electrons. The third-order valence-electron chi connectivity index (χ3n) is 4.34. The predicted molar refractivity (Wildman–Crippen MR) is 95.6 cm³/mol. The van der Waals surface area contributed by atoms with Crippen molar-refractivity contribution in [3.63, 3.8) is 0 Å². The van der Waals surface area contributed by atoms with Crippen LogP contribution < -0.4 is 5.32 Å². The molecule has 0 spiro atoms. The maximum Gasteiger partial charge on any atom is 0.237 e. The van der Waals surface area contributed by atoms with E-state index in [9.17, 15) is 4.79 Å². The highest BCUT2D eigenvalue weighted by molar-refractivity contribution is 6.30. The van der Waals surface area contributed by atoms with Gasteiger partial charge in [0.2, 0.25) is 5.91 Å². The molecule has 0 saturated carbocycles. The monoisotopic (exact) mass is 337 g/mol. The number of benzene rings is 1. The Bertz CT molecular complexity index is 495. The molecule has 1 heterocycles. The van der Waals surface area contributed by atoms with Gasteiger partial charge in [0.1, 0.15) is 0 Å². The molecule has 1 atom stereocenters. The van der Waals surface area contributed by atoms with Crippen LogP contribution in [0.15, 0.2) is 24.3 Å². The molecule has 1 saturated heterocycles. The lowest BCUT2D eigenvalue weighted by Gasteiger charge is -2.38. The standard InChI is InChI=1S/C18H28ClN3O/c1-14(2)13-21-8-10-22(11-9-21)15(3)18(23)20-12-16-4-6-17(19)7-5-16/h4-7,14-15H,8-13H2,1-3H3,(H,20,23). The minimum Gasteiger partial charge on any atom is -0.351 e. The Morgan fingerprint density at radius 1 is 1.13 bits per heavy atom. The van der Waals surface area contributed by atoms with Crippen LogP contribution in [-0.4, -0.2) is 54.5 Å². The van der Waals surface area contributed by atoms with Gasteiger partial charge in [-0.1, -0.05) is 37.6 Å². The number of halogens is 1. The first-order valence-corrected chi connectivity index (χ1v) is 8.82. The molecule has 0 radical (unpaired) electrons. The van der Waals surface area contributed by atoms with Gasteiger partial charge in [-0.3, -0.25) is 9.69 Å². The molecule has 5 heteroatoms. The largest absolute Gasteiger partial charge is 0.351 e. The van der Waals surface area contributed by atoms with Crippen LogP contribution in [0.3, 0.4) is 0 Å². The molecule has 1 aliphatic heterocycles. The maximum atomic E-state index is 12.3. The second kappa shape index (κ2) is 8.67. The minimum absolute atomic E-state index is 0.0801. The Hall–Kier alpha value is -1.10. The summed E-state index contributed by atoms with van der Waals surface area (Å²) >= 11 is 5.87. The van der Waals surface area contributed by atoms with Gasteiger partial charge in [0.05, 0.1) is 6.04 Å². The summed E-state index contributed by atoms with van der Waals surface area (Å²) < 4.78 is 0. The molecule has 1 N–H and O–H groups in total. The number of hydrogen-bond acceptors (Lipinski definition) is 3. The maximum absolute atomic E-state index is 12.3. The Morgan fingerprint density at radius 2 is 1.74 bits per heavy atom. The molecule has 1 aromatic carbocycles. The average Bonchev–Trinajstić information content (AvgIpc) is 2.53. The summed E-state index contributed by atoms with van der Waals surface area (Å²) in [5, 5.41) is 3.74. The van der Waals surface area contributed by atoms with Crippen molar-refractivity contribution in [3.8, 4) is 0 Å². The van der Waals surface area contributed by atoms with E-state index in [0.29, 0.717) is 17.5 Å². The molecule has 1 fully saturated rings. The van der Waals surface area contributed by atoms with E-state index < -0.39 is 0 Å². The number of carbonyl (C=O) groups is 1. The first-order valence-electron chi connectivity index (χ1n) is 8.44. The third-order valence-corrected chi connectivity index (χ3v) is 4.59. The predicted octanol–water partition coefficient (Wildman–Crippen LogP) is 2.62. The van der Waals surface area contributed by atoms with Crippen molar-refractivity contribution in [3.05, 3.63) is 34.9 Å². The van der Waals surface area contributed by atoms with E-state index in [0.717, 1.165) is 38.3 Å². The van der Waals surface area contributed by atoms with Crippen LogP contribution in [0, 0.1) is 5.92 Å². The zero-order valence-electron chi connectivity index (χ0n) is 14.4. The fourth-order valence-electron chi connectivity index (χ4n) is 2.95. The second-order valence-corrected chi connectivity index (χ2v) is 7.19. The van der Waals surface area contributed by atoms with Gasteiger partial charge in [-0.15, -0.1) is 0 Å². The van der Waals surface area contributed by atoms with Gasteiger partial charge in [-0.25, -0.2) is 0 Å². The van der Waals surface area contributed by atoms with Crippen molar-refractivity contribution in [1.29, 1.82) is 0 Å². The smallest absolute Gasteiger partial charge is 0.237 e. The van der Waals surface area contributed by atoms with Gasteiger partial charge in [0.15, 0.2) is 0 Å². The molecule has 1 aliphatic rings. The van der Waals surface area contributed by atoms with Crippen LogP contribution in [0.25, 0.3) is 0 Å².